The van der Waals surface area contributed by atoms with Gasteiger partial charge in [-0.15, -0.1) is 0 Å². The zero-order valence-electron chi connectivity index (χ0n) is 15.5. The van der Waals surface area contributed by atoms with Crippen LogP contribution in [0.3, 0.4) is 0 Å². The molecule has 0 spiro atoms. The van der Waals surface area contributed by atoms with Crippen molar-refractivity contribution in [3.8, 4) is 17.6 Å². The maximum Gasteiger partial charge on any atom is 0.268 e. The topological polar surface area (TPSA) is 46.6 Å². The molecule has 4 heteroatoms. The van der Waals surface area contributed by atoms with Crippen LogP contribution < -0.4 is 4.74 Å². The lowest BCUT2D eigenvalue weighted by Gasteiger charge is -2.22. The average Bonchev–Trinajstić information content (AvgIpc) is 3.46. The number of benzene rings is 1. The monoisotopic (exact) mass is 349 g/mol. The van der Waals surface area contributed by atoms with Crippen molar-refractivity contribution in [2.45, 2.75) is 33.1 Å². The van der Waals surface area contributed by atoms with Gasteiger partial charge in [-0.25, -0.2) is 0 Å². The predicted molar refractivity (Wildman–Crippen MR) is 101 cm³/mol. The van der Waals surface area contributed by atoms with E-state index in [4.69, 9.17) is 4.74 Å². The fraction of sp³-hybridized carbons (Fsp3) is 0.364. The van der Waals surface area contributed by atoms with E-state index >= 15 is 0 Å². The molecule has 1 heterocycles. The van der Waals surface area contributed by atoms with E-state index in [1.807, 2.05) is 32.1 Å². The number of amides is 2. The third kappa shape index (κ3) is 4.05. The highest BCUT2D eigenvalue weighted by Gasteiger charge is 2.25. The summed E-state index contributed by atoms with van der Waals surface area (Å²) in [4.78, 5) is 26.3. The minimum Gasteiger partial charge on any atom is -0.496 e. The summed E-state index contributed by atoms with van der Waals surface area (Å²) in [6.45, 7) is 4.39. The molecule has 0 aromatic heterocycles. The highest BCUT2D eigenvalue weighted by Crippen LogP contribution is 2.28. The van der Waals surface area contributed by atoms with Gasteiger partial charge in [0.2, 0.25) is 0 Å². The zero-order valence-corrected chi connectivity index (χ0v) is 15.5. The molecule has 2 aliphatic rings. The quantitative estimate of drug-likeness (QED) is 0.620. The van der Waals surface area contributed by atoms with Crippen LogP contribution in [0.1, 0.15) is 36.0 Å². The minimum atomic E-state index is -0.314. The van der Waals surface area contributed by atoms with Gasteiger partial charge in [-0.3, -0.25) is 14.5 Å². The van der Waals surface area contributed by atoms with Gasteiger partial charge in [-0.1, -0.05) is 24.0 Å². The number of nitrogens with zero attached hydrogens (tertiary/aromatic N) is 1. The third-order valence-electron chi connectivity index (χ3n) is 4.71. The number of hydrogen-bond donors (Lipinski definition) is 0. The summed E-state index contributed by atoms with van der Waals surface area (Å²) in [5, 5.41) is 0. The maximum atomic E-state index is 12.5. The Morgan fingerprint density at radius 3 is 2.77 bits per heavy atom. The second kappa shape index (κ2) is 7.61. The third-order valence-corrected chi connectivity index (χ3v) is 4.71. The molecule has 1 aromatic rings. The van der Waals surface area contributed by atoms with E-state index in [1.54, 1.807) is 13.2 Å². The van der Waals surface area contributed by atoms with Crippen molar-refractivity contribution in [1.29, 1.82) is 0 Å². The number of hydrogen-bond acceptors (Lipinski definition) is 3. The van der Waals surface area contributed by atoms with Crippen molar-refractivity contribution in [2.75, 3.05) is 13.7 Å². The summed E-state index contributed by atoms with van der Waals surface area (Å²) in [6, 6.07) is 3.88. The Balaban J connectivity index is 1.72. The Hall–Kier alpha value is -2.80. The zero-order chi connectivity index (χ0) is 18.7. The first-order valence-corrected chi connectivity index (χ1v) is 8.90. The minimum absolute atomic E-state index is 0.295. The normalized spacial score (nSPS) is 17.0. The van der Waals surface area contributed by atoms with E-state index in [9.17, 15) is 9.59 Å². The Morgan fingerprint density at radius 2 is 2.08 bits per heavy atom. The van der Waals surface area contributed by atoms with Crippen molar-refractivity contribution in [2.24, 2.45) is 5.92 Å². The van der Waals surface area contributed by atoms with Gasteiger partial charge in [-0.2, -0.15) is 0 Å². The molecule has 26 heavy (non-hydrogen) atoms. The van der Waals surface area contributed by atoms with Crippen LogP contribution in [0.15, 0.2) is 29.9 Å². The summed E-state index contributed by atoms with van der Waals surface area (Å²) in [6.07, 6.45) is 7.87. The molecule has 2 amide bonds. The van der Waals surface area contributed by atoms with Crippen LogP contribution >= 0.6 is 0 Å². The van der Waals surface area contributed by atoms with E-state index in [1.165, 1.54) is 11.0 Å². The summed E-state index contributed by atoms with van der Waals surface area (Å²) < 4.78 is 5.37. The number of imide groups is 1. The fourth-order valence-electron chi connectivity index (χ4n) is 2.81. The Morgan fingerprint density at radius 1 is 1.31 bits per heavy atom. The highest BCUT2D eigenvalue weighted by atomic mass is 16.5. The number of aryl methyl sites for hydroxylation is 1. The molecule has 1 aliphatic heterocycles. The van der Waals surface area contributed by atoms with Gasteiger partial charge < -0.3 is 4.74 Å². The van der Waals surface area contributed by atoms with Crippen molar-refractivity contribution in [3.05, 3.63) is 46.5 Å². The van der Waals surface area contributed by atoms with Gasteiger partial charge in [0.15, 0.2) is 0 Å². The molecule has 0 N–H and O–H groups in total. The number of rotatable bonds is 3. The van der Waals surface area contributed by atoms with Crippen LogP contribution in [0, 0.1) is 31.6 Å². The molecule has 134 valence electrons. The Kier molecular flexibility index (Phi) is 5.27. The molecular formula is C22H23NO3. The number of ether oxygens (including phenoxy) is 1. The van der Waals surface area contributed by atoms with E-state index < -0.39 is 0 Å². The fourth-order valence-corrected chi connectivity index (χ4v) is 2.81. The van der Waals surface area contributed by atoms with Crippen LogP contribution in [0.25, 0.3) is 6.08 Å². The SMILES string of the molecule is COc1cc(/C=C/C(=O)N2CCC=C(C#CC3CC3)C2=O)cc(C)c1C. The van der Waals surface area contributed by atoms with Crippen LogP contribution in [0.4, 0.5) is 0 Å². The number of carbonyl (C=O) groups is 2. The summed E-state index contributed by atoms with van der Waals surface area (Å²) in [5.74, 6) is 6.64. The molecule has 0 bridgehead atoms. The van der Waals surface area contributed by atoms with Crippen LogP contribution in [-0.2, 0) is 9.59 Å². The molecular weight excluding hydrogens is 326 g/mol. The molecule has 3 rings (SSSR count). The lowest BCUT2D eigenvalue weighted by molar-refractivity contribution is -0.139. The lowest BCUT2D eigenvalue weighted by atomic mass is 10.0. The molecule has 1 saturated carbocycles. The van der Waals surface area contributed by atoms with Crippen LogP contribution in [-0.4, -0.2) is 30.4 Å². The number of methoxy groups -OCH3 is 1. The van der Waals surface area contributed by atoms with E-state index in [-0.39, 0.29) is 11.8 Å². The van der Waals surface area contributed by atoms with Gasteiger partial charge >= 0.3 is 0 Å². The van der Waals surface area contributed by atoms with Gasteiger partial charge in [-0.05, 0) is 61.9 Å². The summed E-state index contributed by atoms with van der Waals surface area (Å²) in [7, 11) is 1.63. The standard InChI is InChI=1S/C22H23NO3/c1-15-13-18(14-20(26-3)16(15)2)9-11-21(24)23-12-4-5-19(22(23)25)10-8-17-6-7-17/h5,9,11,13-14,17H,4,6-7,12H2,1-3H3/b11-9+. The smallest absolute Gasteiger partial charge is 0.268 e. The van der Waals surface area contributed by atoms with E-state index in [2.05, 4.69) is 11.8 Å². The predicted octanol–water partition coefficient (Wildman–Crippen LogP) is 3.42. The van der Waals surface area contributed by atoms with Gasteiger partial charge in [0.05, 0.1) is 12.7 Å². The first-order chi connectivity index (χ1) is 12.5. The lowest BCUT2D eigenvalue weighted by Crippen LogP contribution is -2.39. The molecule has 1 aromatic carbocycles. The van der Waals surface area contributed by atoms with Gasteiger partial charge in [0.25, 0.3) is 11.8 Å². The van der Waals surface area contributed by atoms with Gasteiger partial charge in [0.1, 0.15) is 5.75 Å². The van der Waals surface area contributed by atoms with E-state index in [0.29, 0.717) is 24.5 Å². The molecule has 1 fully saturated rings. The summed E-state index contributed by atoms with van der Waals surface area (Å²) >= 11 is 0. The Bertz CT molecular complexity index is 863. The van der Waals surface area contributed by atoms with Crippen LogP contribution in [0.5, 0.6) is 5.75 Å². The van der Waals surface area contributed by atoms with Gasteiger partial charge in [0, 0.05) is 18.5 Å². The van der Waals surface area contributed by atoms with Crippen molar-refractivity contribution in [3.63, 3.8) is 0 Å². The van der Waals surface area contributed by atoms with Crippen LogP contribution in [0.2, 0.25) is 0 Å². The highest BCUT2D eigenvalue weighted by molar-refractivity contribution is 6.11. The first-order valence-electron chi connectivity index (χ1n) is 8.90. The largest absolute Gasteiger partial charge is 0.496 e. The molecule has 0 radical (unpaired) electrons. The van der Waals surface area contributed by atoms with Crippen molar-refractivity contribution < 1.29 is 14.3 Å². The van der Waals surface area contributed by atoms with Crippen molar-refractivity contribution in [1.82, 2.24) is 4.90 Å². The second-order valence-electron chi connectivity index (χ2n) is 6.74. The maximum absolute atomic E-state index is 12.5. The molecule has 4 nitrogen and oxygen atoms in total. The average molecular weight is 349 g/mol. The molecule has 0 unspecified atom stereocenters. The first kappa shape index (κ1) is 18.0. The summed E-state index contributed by atoms with van der Waals surface area (Å²) in [5.41, 5.74) is 3.47. The molecule has 0 saturated heterocycles. The second-order valence-corrected chi connectivity index (χ2v) is 6.74. The van der Waals surface area contributed by atoms with Crippen molar-refractivity contribution >= 4 is 17.9 Å². The molecule has 1 aliphatic carbocycles. The van der Waals surface area contributed by atoms with E-state index in [0.717, 1.165) is 35.3 Å². The number of carbonyl (C=O) groups excluding carboxylic acids is 2. The molecule has 0 atom stereocenters. The Labute approximate surface area is 154 Å².